The predicted molar refractivity (Wildman–Crippen MR) is 80.2 cm³/mol. The van der Waals surface area contributed by atoms with Crippen molar-refractivity contribution in [2.45, 2.75) is 6.36 Å². The third-order valence-corrected chi connectivity index (χ3v) is 2.99. The molecule has 0 saturated carbocycles. The molecule has 0 atom stereocenters. The van der Waals surface area contributed by atoms with Crippen LogP contribution < -0.4 is 10.1 Å². The SMILES string of the molecule is O=C(Nc1cccc(OC(F)(F)F)c1)c1cccnc1-n1cncn1. The van der Waals surface area contributed by atoms with Crippen molar-refractivity contribution in [2.75, 3.05) is 5.32 Å². The van der Waals surface area contributed by atoms with Crippen LogP contribution in [0.5, 0.6) is 5.75 Å². The van der Waals surface area contributed by atoms with Crippen LogP contribution in [-0.2, 0) is 0 Å². The predicted octanol–water partition coefficient (Wildman–Crippen LogP) is 2.81. The molecule has 1 N–H and O–H groups in total. The van der Waals surface area contributed by atoms with E-state index in [0.717, 1.165) is 12.1 Å². The van der Waals surface area contributed by atoms with E-state index >= 15 is 0 Å². The largest absolute Gasteiger partial charge is 0.573 e. The van der Waals surface area contributed by atoms with Crippen LogP contribution in [-0.4, -0.2) is 32.0 Å². The lowest BCUT2D eigenvalue weighted by molar-refractivity contribution is -0.274. The first-order valence-corrected chi connectivity index (χ1v) is 6.89. The number of carbonyl (C=O) groups excluding carboxylic acids is 1. The Hall–Kier alpha value is -3.43. The van der Waals surface area contributed by atoms with Gasteiger partial charge in [-0.05, 0) is 24.3 Å². The molecule has 0 bridgehead atoms. The van der Waals surface area contributed by atoms with Gasteiger partial charge in [0.1, 0.15) is 18.4 Å². The van der Waals surface area contributed by atoms with Crippen LogP contribution in [0, 0.1) is 0 Å². The van der Waals surface area contributed by atoms with Crippen LogP contribution in [0.1, 0.15) is 10.4 Å². The molecule has 2 aromatic heterocycles. The minimum Gasteiger partial charge on any atom is -0.406 e. The molecule has 0 saturated heterocycles. The summed E-state index contributed by atoms with van der Waals surface area (Å²) >= 11 is 0. The normalized spacial score (nSPS) is 11.2. The standard InChI is InChI=1S/C15H10F3N5O2/c16-15(17,18)25-11-4-1-3-10(7-11)22-14(24)12-5-2-6-20-13(12)23-9-19-8-21-23/h1-9H,(H,22,24). The Kier molecular flexibility index (Phi) is 4.33. The summed E-state index contributed by atoms with van der Waals surface area (Å²) in [6, 6.07) is 8.03. The minimum atomic E-state index is -4.81. The van der Waals surface area contributed by atoms with Crippen molar-refractivity contribution in [3.8, 4) is 11.6 Å². The lowest BCUT2D eigenvalue weighted by atomic mass is 10.2. The third kappa shape index (κ3) is 4.10. The first-order chi connectivity index (χ1) is 11.9. The number of nitrogens with zero attached hydrogens (tertiary/aromatic N) is 4. The molecule has 0 radical (unpaired) electrons. The Morgan fingerprint density at radius 3 is 2.76 bits per heavy atom. The van der Waals surface area contributed by atoms with E-state index in [-0.39, 0.29) is 17.1 Å². The molecule has 0 spiro atoms. The highest BCUT2D eigenvalue weighted by Crippen LogP contribution is 2.25. The maximum absolute atomic E-state index is 12.5. The lowest BCUT2D eigenvalue weighted by Crippen LogP contribution is -2.18. The molecule has 3 rings (SSSR count). The fourth-order valence-electron chi connectivity index (χ4n) is 2.04. The summed E-state index contributed by atoms with van der Waals surface area (Å²) in [5.74, 6) is -0.768. The quantitative estimate of drug-likeness (QED) is 0.783. The Labute approximate surface area is 139 Å². The number of rotatable bonds is 4. The Balaban J connectivity index is 1.83. The first-order valence-electron chi connectivity index (χ1n) is 6.89. The van der Waals surface area contributed by atoms with Gasteiger partial charge in [0.25, 0.3) is 5.91 Å². The number of nitrogens with one attached hydrogen (secondary N) is 1. The molecule has 0 fully saturated rings. The van der Waals surface area contributed by atoms with Gasteiger partial charge in [-0.15, -0.1) is 13.2 Å². The second-order valence-electron chi connectivity index (χ2n) is 4.74. The van der Waals surface area contributed by atoms with Gasteiger partial charge in [-0.2, -0.15) is 5.10 Å². The van der Waals surface area contributed by atoms with Gasteiger partial charge in [0.2, 0.25) is 0 Å². The molecule has 1 amide bonds. The van der Waals surface area contributed by atoms with Gasteiger partial charge in [0.05, 0.1) is 5.56 Å². The summed E-state index contributed by atoms with van der Waals surface area (Å²) in [5.41, 5.74) is 0.315. The average molecular weight is 349 g/mol. The Morgan fingerprint density at radius 2 is 2.04 bits per heavy atom. The van der Waals surface area contributed by atoms with Crippen molar-refractivity contribution in [3.05, 3.63) is 60.8 Å². The van der Waals surface area contributed by atoms with Crippen molar-refractivity contribution in [1.29, 1.82) is 0 Å². The lowest BCUT2D eigenvalue weighted by Gasteiger charge is -2.11. The molecular weight excluding hydrogens is 339 g/mol. The third-order valence-electron chi connectivity index (χ3n) is 2.99. The van der Waals surface area contributed by atoms with E-state index in [4.69, 9.17) is 0 Å². The van der Waals surface area contributed by atoms with E-state index in [0.29, 0.717) is 0 Å². The molecule has 0 aliphatic carbocycles. The molecule has 25 heavy (non-hydrogen) atoms. The fraction of sp³-hybridized carbons (Fsp3) is 0.0667. The molecule has 128 valence electrons. The highest BCUT2D eigenvalue weighted by molar-refractivity contribution is 6.06. The first kappa shape index (κ1) is 16.4. The van der Waals surface area contributed by atoms with E-state index in [1.54, 1.807) is 6.07 Å². The van der Waals surface area contributed by atoms with Crippen LogP contribution in [0.15, 0.2) is 55.2 Å². The number of alkyl halides is 3. The van der Waals surface area contributed by atoms with Crippen LogP contribution in [0.3, 0.4) is 0 Å². The maximum Gasteiger partial charge on any atom is 0.573 e. The molecule has 1 aromatic carbocycles. The van der Waals surface area contributed by atoms with Gasteiger partial charge in [0, 0.05) is 18.0 Å². The Morgan fingerprint density at radius 1 is 1.20 bits per heavy atom. The number of hydrogen-bond donors (Lipinski definition) is 1. The topological polar surface area (TPSA) is 81.9 Å². The van der Waals surface area contributed by atoms with Gasteiger partial charge < -0.3 is 10.1 Å². The molecule has 2 heterocycles. The summed E-state index contributed by atoms with van der Waals surface area (Å²) < 4.78 is 42.0. The van der Waals surface area contributed by atoms with E-state index in [2.05, 4.69) is 25.1 Å². The van der Waals surface area contributed by atoms with Gasteiger partial charge in [-0.25, -0.2) is 14.6 Å². The molecular formula is C15H10F3N5O2. The van der Waals surface area contributed by atoms with Gasteiger partial charge in [-0.3, -0.25) is 4.79 Å². The van der Waals surface area contributed by atoms with Crippen LogP contribution in [0.4, 0.5) is 18.9 Å². The summed E-state index contributed by atoms with van der Waals surface area (Å²) in [5, 5.41) is 6.41. The van der Waals surface area contributed by atoms with Crippen molar-refractivity contribution in [1.82, 2.24) is 19.7 Å². The van der Waals surface area contributed by atoms with Crippen LogP contribution >= 0.6 is 0 Å². The highest BCUT2D eigenvalue weighted by Gasteiger charge is 2.31. The number of pyridine rings is 1. The zero-order chi connectivity index (χ0) is 17.9. The number of benzene rings is 1. The van der Waals surface area contributed by atoms with Crippen LogP contribution in [0.25, 0.3) is 5.82 Å². The van der Waals surface area contributed by atoms with E-state index in [1.165, 1.54) is 41.7 Å². The van der Waals surface area contributed by atoms with Gasteiger partial charge >= 0.3 is 6.36 Å². The van der Waals surface area contributed by atoms with Crippen molar-refractivity contribution < 1.29 is 22.7 Å². The number of ether oxygens (including phenoxy) is 1. The zero-order valence-corrected chi connectivity index (χ0v) is 12.4. The Bertz CT molecular complexity index is 881. The van der Waals surface area contributed by atoms with Gasteiger partial charge in [0.15, 0.2) is 5.82 Å². The van der Waals surface area contributed by atoms with Crippen molar-refractivity contribution in [3.63, 3.8) is 0 Å². The number of aromatic nitrogens is 4. The van der Waals surface area contributed by atoms with E-state index in [1.807, 2.05) is 0 Å². The summed E-state index contributed by atoms with van der Waals surface area (Å²) in [7, 11) is 0. The molecule has 7 nitrogen and oxygen atoms in total. The van der Waals surface area contributed by atoms with Gasteiger partial charge in [-0.1, -0.05) is 6.07 Å². The highest BCUT2D eigenvalue weighted by atomic mass is 19.4. The molecule has 10 heteroatoms. The number of carbonyl (C=O) groups is 1. The zero-order valence-electron chi connectivity index (χ0n) is 12.4. The molecule has 0 unspecified atom stereocenters. The average Bonchev–Trinajstić information content (AvgIpc) is 3.08. The van der Waals surface area contributed by atoms with Crippen LogP contribution in [0.2, 0.25) is 0 Å². The van der Waals surface area contributed by atoms with E-state index in [9.17, 15) is 18.0 Å². The fourth-order valence-corrected chi connectivity index (χ4v) is 2.04. The monoisotopic (exact) mass is 349 g/mol. The molecule has 0 aliphatic heterocycles. The summed E-state index contributed by atoms with van der Waals surface area (Å²) in [4.78, 5) is 20.3. The minimum absolute atomic E-state index is 0.139. The second kappa shape index (κ2) is 6.59. The molecule has 0 aliphatic rings. The number of halogens is 3. The number of anilines is 1. The number of amides is 1. The van der Waals surface area contributed by atoms with Crippen molar-refractivity contribution in [2.24, 2.45) is 0 Å². The number of hydrogen-bond acceptors (Lipinski definition) is 5. The van der Waals surface area contributed by atoms with E-state index < -0.39 is 18.0 Å². The van der Waals surface area contributed by atoms with Crippen molar-refractivity contribution >= 4 is 11.6 Å². The smallest absolute Gasteiger partial charge is 0.406 e. The summed E-state index contributed by atoms with van der Waals surface area (Å²) in [6.07, 6.45) is -0.678. The molecule has 3 aromatic rings. The second-order valence-corrected chi connectivity index (χ2v) is 4.74. The maximum atomic E-state index is 12.5. The summed E-state index contributed by atoms with van der Waals surface area (Å²) in [6.45, 7) is 0.